The molecule has 0 aliphatic heterocycles. The molecule has 0 heterocycles. The first-order valence-corrected chi connectivity index (χ1v) is 10.9. The van der Waals surface area contributed by atoms with Gasteiger partial charge in [-0.25, -0.2) is 8.42 Å². The van der Waals surface area contributed by atoms with Gasteiger partial charge >= 0.3 is 6.36 Å². The highest BCUT2D eigenvalue weighted by atomic mass is 32.2. The van der Waals surface area contributed by atoms with E-state index in [0.717, 1.165) is 12.1 Å². The molecule has 31 heavy (non-hydrogen) atoms. The van der Waals surface area contributed by atoms with Crippen molar-refractivity contribution in [2.45, 2.75) is 32.0 Å². The van der Waals surface area contributed by atoms with Gasteiger partial charge in [0.25, 0.3) is 5.91 Å². The Balaban J connectivity index is 2.30. The van der Waals surface area contributed by atoms with Gasteiger partial charge in [-0.15, -0.1) is 13.2 Å². The van der Waals surface area contributed by atoms with Crippen molar-refractivity contribution in [2.75, 3.05) is 25.0 Å². The second kappa shape index (κ2) is 10.0. The number of hydrogen-bond donors (Lipinski definition) is 1. The van der Waals surface area contributed by atoms with E-state index < -0.39 is 28.0 Å². The van der Waals surface area contributed by atoms with E-state index in [1.807, 2.05) is 0 Å². The van der Waals surface area contributed by atoms with Gasteiger partial charge in [0.15, 0.2) is 0 Å². The van der Waals surface area contributed by atoms with Crippen LogP contribution in [0.3, 0.4) is 0 Å². The molecule has 170 valence electrons. The van der Waals surface area contributed by atoms with E-state index >= 15 is 0 Å². The lowest BCUT2D eigenvalue weighted by Gasteiger charge is -2.21. The van der Waals surface area contributed by atoms with E-state index in [-0.39, 0.29) is 41.6 Å². The van der Waals surface area contributed by atoms with Crippen LogP contribution in [0, 0.1) is 0 Å². The lowest BCUT2D eigenvalue weighted by Crippen LogP contribution is -2.31. The van der Waals surface area contributed by atoms with Crippen molar-refractivity contribution in [1.29, 1.82) is 0 Å². The summed E-state index contributed by atoms with van der Waals surface area (Å²) < 4.78 is 73.2. The Bertz CT molecular complexity index is 1000. The molecule has 0 saturated carbocycles. The molecular weight excluding hydrogens is 437 g/mol. The predicted molar refractivity (Wildman–Crippen MR) is 109 cm³/mol. The highest BCUT2D eigenvalue weighted by molar-refractivity contribution is 7.89. The number of nitrogens with one attached hydrogen (secondary N) is 1. The monoisotopic (exact) mass is 460 g/mol. The molecule has 2 aromatic carbocycles. The van der Waals surface area contributed by atoms with Crippen LogP contribution >= 0.6 is 0 Å². The molecule has 0 aliphatic rings. The Hall–Kier alpha value is -2.79. The Labute approximate surface area is 178 Å². The molecule has 0 aromatic heterocycles. The fraction of sp³-hybridized carbons (Fsp3) is 0.350. The second-order valence-corrected chi connectivity index (χ2v) is 8.12. The molecule has 0 saturated heterocycles. The summed E-state index contributed by atoms with van der Waals surface area (Å²) in [7, 11) is -3.87. The fourth-order valence-corrected chi connectivity index (χ4v) is 4.39. The zero-order chi connectivity index (χ0) is 23.2. The Morgan fingerprint density at radius 2 is 1.65 bits per heavy atom. The van der Waals surface area contributed by atoms with Crippen molar-refractivity contribution in [2.24, 2.45) is 0 Å². The summed E-state index contributed by atoms with van der Waals surface area (Å²) in [5, 5.41) is 2.54. The third-order valence-corrected chi connectivity index (χ3v) is 6.25. The number of carbonyl (C=O) groups is 1. The van der Waals surface area contributed by atoms with Crippen LogP contribution in [0.4, 0.5) is 18.9 Å². The largest absolute Gasteiger partial charge is 0.573 e. The van der Waals surface area contributed by atoms with Crippen LogP contribution in [-0.4, -0.2) is 44.7 Å². The molecule has 11 heteroatoms. The maximum Gasteiger partial charge on any atom is 0.573 e. The quantitative estimate of drug-likeness (QED) is 0.604. The van der Waals surface area contributed by atoms with Crippen molar-refractivity contribution in [3.8, 4) is 11.5 Å². The summed E-state index contributed by atoms with van der Waals surface area (Å²) in [6.45, 7) is 5.90. The zero-order valence-electron chi connectivity index (χ0n) is 17.2. The normalized spacial score (nSPS) is 12.0. The van der Waals surface area contributed by atoms with Crippen molar-refractivity contribution in [1.82, 2.24) is 4.31 Å². The highest BCUT2D eigenvalue weighted by Crippen LogP contribution is 2.30. The van der Waals surface area contributed by atoms with Crippen LogP contribution < -0.4 is 14.8 Å². The SMILES string of the molecule is CCOc1ccc(NC(=O)c2ccc(OC(F)(F)F)cc2)cc1S(=O)(=O)N(CC)CC. The van der Waals surface area contributed by atoms with E-state index in [1.165, 1.54) is 34.6 Å². The molecule has 0 radical (unpaired) electrons. The van der Waals surface area contributed by atoms with E-state index in [2.05, 4.69) is 10.1 Å². The van der Waals surface area contributed by atoms with Gasteiger partial charge < -0.3 is 14.8 Å². The topological polar surface area (TPSA) is 84.9 Å². The number of carbonyl (C=O) groups excluding carboxylic acids is 1. The van der Waals surface area contributed by atoms with Crippen molar-refractivity contribution in [3.63, 3.8) is 0 Å². The van der Waals surface area contributed by atoms with E-state index in [1.54, 1.807) is 20.8 Å². The first-order chi connectivity index (χ1) is 14.5. The molecule has 0 fully saturated rings. The third-order valence-electron chi connectivity index (χ3n) is 4.17. The first kappa shape index (κ1) is 24.5. The zero-order valence-corrected chi connectivity index (χ0v) is 18.0. The van der Waals surface area contributed by atoms with Gasteiger partial charge in [-0.05, 0) is 49.4 Å². The summed E-state index contributed by atoms with van der Waals surface area (Å²) in [6.07, 6.45) is -4.83. The van der Waals surface area contributed by atoms with Gasteiger partial charge in [-0.1, -0.05) is 13.8 Å². The predicted octanol–water partition coefficient (Wildman–Crippen LogP) is 4.27. The number of halogens is 3. The summed E-state index contributed by atoms with van der Waals surface area (Å²) in [5.74, 6) is -0.937. The molecule has 2 aromatic rings. The van der Waals surface area contributed by atoms with Crippen LogP contribution in [0.5, 0.6) is 11.5 Å². The van der Waals surface area contributed by atoms with Crippen LogP contribution in [0.1, 0.15) is 31.1 Å². The van der Waals surface area contributed by atoms with Crippen LogP contribution in [-0.2, 0) is 10.0 Å². The number of hydrogen-bond acceptors (Lipinski definition) is 5. The van der Waals surface area contributed by atoms with Crippen LogP contribution in [0.15, 0.2) is 47.4 Å². The minimum absolute atomic E-state index is 0.0663. The number of ether oxygens (including phenoxy) is 2. The van der Waals surface area contributed by atoms with E-state index in [4.69, 9.17) is 4.74 Å². The summed E-state index contributed by atoms with van der Waals surface area (Å²) in [4.78, 5) is 12.4. The molecule has 7 nitrogen and oxygen atoms in total. The van der Waals surface area contributed by atoms with Gasteiger partial charge in [-0.2, -0.15) is 4.31 Å². The van der Waals surface area contributed by atoms with Crippen molar-refractivity contribution < 1.29 is 35.9 Å². The number of nitrogens with zero attached hydrogens (tertiary/aromatic N) is 1. The molecule has 0 spiro atoms. The molecule has 1 N–H and O–H groups in total. The third kappa shape index (κ3) is 6.34. The number of anilines is 1. The van der Waals surface area contributed by atoms with Crippen LogP contribution in [0.25, 0.3) is 0 Å². The van der Waals surface area contributed by atoms with Gasteiger partial charge in [-0.3, -0.25) is 4.79 Å². The highest BCUT2D eigenvalue weighted by Gasteiger charge is 2.31. The Morgan fingerprint density at radius 1 is 1.03 bits per heavy atom. The molecule has 0 atom stereocenters. The molecule has 2 rings (SSSR count). The average Bonchev–Trinajstić information content (AvgIpc) is 2.69. The Morgan fingerprint density at radius 3 is 2.16 bits per heavy atom. The smallest absolute Gasteiger partial charge is 0.492 e. The number of rotatable bonds is 9. The summed E-state index contributed by atoms with van der Waals surface area (Å²) in [6, 6.07) is 8.56. The number of sulfonamides is 1. The molecular formula is C20H23F3N2O5S. The fourth-order valence-electron chi connectivity index (χ4n) is 2.78. The van der Waals surface area contributed by atoms with Gasteiger partial charge in [0.1, 0.15) is 16.4 Å². The summed E-state index contributed by atoms with van der Waals surface area (Å²) in [5.41, 5.74) is 0.256. The molecule has 0 aliphatic carbocycles. The minimum Gasteiger partial charge on any atom is -0.492 e. The summed E-state index contributed by atoms with van der Waals surface area (Å²) >= 11 is 0. The lowest BCUT2D eigenvalue weighted by atomic mass is 10.2. The lowest BCUT2D eigenvalue weighted by molar-refractivity contribution is -0.274. The molecule has 0 unspecified atom stereocenters. The van der Waals surface area contributed by atoms with Gasteiger partial charge in [0.2, 0.25) is 10.0 Å². The van der Waals surface area contributed by atoms with Gasteiger partial charge in [0.05, 0.1) is 6.61 Å². The molecule has 0 bridgehead atoms. The van der Waals surface area contributed by atoms with Gasteiger partial charge in [0, 0.05) is 24.3 Å². The van der Waals surface area contributed by atoms with Crippen molar-refractivity contribution >= 4 is 21.6 Å². The van der Waals surface area contributed by atoms with E-state index in [9.17, 15) is 26.4 Å². The minimum atomic E-state index is -4.83. The number of alkyl halides is 3. The second-order valence-electron chi connectivity index (χ2n) is 6.21. The maximum absolute atomic E-state index is 13.0. The Kier molecular flexibility index (Phi) is 7.91. The van der Waals surface area contributed by atoms with Crippen molar-refractivity contribution in [3.05, 3.63) is 48.0 Å². The number of benzene rings is 2. The van der Waals surface area contributed by atoms with E-state index in [0.29, 0.717) is 0 Å². The average molecular weight is 460 g/mol. The first-order valence-electron chi connectivity index (χ1n) is 9.46. The number of amides is 1. The maximum atomic E-state index is 13.0. The standard InChI is InChI=1S/C20H23F3N2O5S/c1-4-25(5-2)31(27,28)18-13-15(9-12-17(18)29-6-3)24-19(26)14-7-10-16(11-8-14)30-20(21,22)23/h7-13H,4-6H2,1-3H3,(H,24,26). The van der Waals surface area contributed by atoms with Crippen LogP contribution in [0.2, 0.25) is 0 Å². The molecule has 1 amide bonds.